The molecule has 0 bridgehead atoms. The highest BCUT2D eigenvalue weighted by molar-refractivity contribution is 6.01. The number of fused-ring (bicyclic) bond motifs is 1. The number of ketones is 1. The van der Waals surface area contributed by atoms with E-state index in [-0.39, 0.29) is 17.6 Å². The van der Waals surface area contributed by atoms with E-state index < -0.39 is 0 Å². The predicted octanol–water partition coefficient (Wildman–Crippen LogP) is 4.78. The normalized spacial score (nSPS) is 20.0. The van der Waals surface area contributed by atoms with E-state index in [1.807, 2.05) is 30.3 Å². The van der Waals surface area contributed by atoms with Gasteiger partial charge in [0.15, 0.2) is 5.78 Å². The number of hydrogen-bond acceptors (Lipinski definition) is 3. The van der Waals surface area contributed by atoms with Gasteiger partial charge in [0.25, 0.3) is 0 Å². The van der Waals surface area contributed by atoms with Crippen LogP contribution in [0.15, 0.2) is 48.7 Å². The molecule has 2 atom stereocenters. The fourth-order valence-electron chi connectivity index (χ4n) is 4.45. The van der Waals surface area contributed by atoms with E-state index in [9.17, 15) is 9.59 Å². The first-order valence-corrected chi connectivity index (χ1v) is 10.7. The van der Waals surface area contributed by atoms with Crippen molar-refractivity contribution in [2.45, 2.75) is 39.0 Å². The van der Waals surface area contributed by atoms with Gasteiger partial charge in [-0.1, -0.05) is 37.3 Å². The van der Waals surface area contributed by atoms with Crippen LogP contribution in [0, 0.1) is 11.8 Å². The van der Waals surface area contributed by atoms with Crippen LogP contribution >= 0.6 is 0 Å². The number of aromatic nitrogens is 2. The first kappa shape index (κ1) is 18.8. The molecular formula is C25H25N3O2. The second kappa shape index (κ2) is 7.56. The molecule has 0 spiro atoms. The summed E-state index contributed by atoms with van der Waals surface area (Å²) in [7, 11) is 0. The summed E-state index contributed by atoms with van der Waals surface area (Å²) in [6.45, 7) is 2.09. The third kappa shape index (κ3) is 3.56. The van der Waals surface area contributed by atoms with Crippen LogP contribution in [0.3, 0.4) is 0 Å². The number of rotatable bonds is 5. The minimum absolute atomic E-state index is 0.0395. The lowest BCUT2D eigenvalue weighted by atomic mass is 9.90. The van der Waals surface area contributed by atoms with E-state index in [0.29, 0.717) is 24.6 Å². The Hall–Kier alpha value is -3.21. The van der Waals surface area contributed by atoms with Gasteiger partial charge in [-0.05, 0) is 48.4 Å². The highest BCUT2D eigenvalue weighted by Gasteiger charge is 2.39. The minimum Gasteiger partial charge on any atom is -0.358 e. The molecule has 0 aliphatic heterocycles. The number of H-pyrrole nitrogens is 1. The third-order valence-corrected chi connectivity index (χ3v) is 6.26. The molecule has 2 aromatic heterocycles. The summed E-state index contributed by atoms with van der Waals surface area (Å²) in [4.78, 5) is 33.0. The van der Waals surface area contributed by atoms with Gasteiger partial charge < -0.3 is 10.3 Å². The van der Waals surface area contributed by atoms with Gasteiger partial charge in [0.1, 0.15) is 5.82 Å². The average Bonchev–Trinajstić information content (AvgIpc) is 3.37. The average molecular weight is 399 g/mol. The second-order valence-electron chi connectivity index (χ2n) is 8.51. The molecule has 0 saturated heterocycles. The number of pyridine rings is 1. The molecule has 2 aliphatic carbocycles. The molecule has 0 radical (unpaired) electrons. The number of aromatic amines is 1. The molecule has 1 aromatic carbocycles. The topological polar surface area (TPSA) is 74.8 Å². The first-order chi connectivity index (χ1) is 14.6. The van der Waals surface area contributed by atoms with Crippen molar-refractivity contribution in [2.75, 3.05) is 5.32 Å². The van der Waals surface area contributed by atoms with Gasteiger partial charge in [-0.25, -0.2) is 4.98 Å². The number of nitrogens with one attached hydrogen (secondary N) is 2. The number of benzene rings is 1. The van der Waals surface area contributed by atoms with Crippen molar-refractivity contribution in [2.24, 2.45) is 11.8 Å². The number of carbonyl (C=O) groups excluding carboxylic acids is 2. The highest BCUT2D eigenvalue weighted by atomic mass is 16.2. The van der Waals surface area contributed by atoms with Gasteiger partial charge in [-0.2, -0.15) is 0 Å². The molecule has 2 heterocycles. The van der Waals surface area contributed by atoms with Crippen LogP contribution in [-0.2, 0) is 17.6 Å². The van der Waals surface area contributed by atoms with E-state index in [0.717, 1.165) is 47.3 Å². The molecule has 2 unspecified atom stereocenters. The van der Waals surface area contributed by atoms with Crippen LogP contribution < -0.4 is 5.32 Å². The maximum absolute atomic E-state index is 12.8. The van der Waals surface area contributed by atoms with Crippen molar-refractivity contribution in [3.05, 3.63) is 71.0 Å². The van der Waals surface area contributed by atoms with E-state index in [1.54, 1.807) is 6.20 Å². The molecule has 5 heteroatoms. The second-order valence-corrected chi connectivity index (χ2v) is 8.51. The summed E-state index contributed by atoms with van der Waals surface area (Å²) in [5, 5.41) is 2.95. The van der Waals surface area contributed by atoms with Crippen molar-refractivity contribution >= 4 is 17.5 Å². The van der Waals surface area contributed by atoms with Gasteiger partial charge in [-0.15, -0.1) is 0 Å². The standard InChI is InChI=1S/C25H25N3O2/c1-15-12-18(15)25(30)28-22-14-17(10-11-26-22)24-19(13-16-6-3-2-4-7-16)23-20(27-24)8-5-9-21(23)29/h2-4,6-7,10-11,14-15,18,27H,5,8-9,12-13H2,1H3,(H,26,28,30). The number of aryl methyl sites for hydroxylation is 1. The summed E-state index contributed by atoms with van der Waals surface area (Å²) < 4.78 is 0. The highest BCUT2D eigenvalue weighted by Crippen LogP contribution is 2.39. The van der Waals surface area contributed by atoms with Crippen LogP contribution in [0.1, 0.15) is 53.4 Å². The van der Waals surface area contributed by atoms with Crippen LogP contribution in [0.4, 0.5) is 5.82 Å². The number of nitrogens with zero attached hydrogens (tertiary/aromatic N) is 1. The molecule has 3 aromatic rings. The Labute approximate surface area is 175 Å². The molecule has 152 valence electrons. The first-order valence-electron chi connectivity index (χ1n) is 10.7. The van der Waals surface area contributed by atoms with E-state index in [4.69, 9.17) is 0 Å². The van der Waals surface area contributed by atoms with Crippen molar-refractivity contribution < 1.29 is 9.59 Å². The molecule has 30 heavy (non-hydrogen) atoms. The van der Waals surface area contributed by atoms with Gasteiger partial charge in [0, 0.05) is 41.8 Å². The zero-order valence-corrected chi connectivity index (χ0v) is 17.1. The largest absolute Gasteiger partial charge is 0.358 e. The number of anilines is 1. The Balaban J connectivity index is 1.53. The summed E-state index contributed by atoms with van der Waals surface area (Å²) in [6, 6.07) is 14.1. The molecule has 5 nitrogen and oxygen atoms in total. The smallest absolute Gasteiger partial charge is 0.228 e. The lowest BCUT2D eigenvalue weighted by molar-refractivity contribution is -0.117. The monoisotopic (exact) mass is 399 g/mol. The van der Waals surface area contributed by atoms with Crippen LogP contribution in [0.25, 0.3) is 11.3 Å². The van der Waals surface area contributed by atoms with Gasteiger partial charge in [0.05, 0.1) is 5.69 Å². The molecule has 1 saturated carbocycles. The Bertz CT molecular complexity index is 1120. The molecule has 1 amide bonds. The molecule has 1 fully saturated rings. The van der Waals surface area contributed by atoms with Crippen LogP contribution in [0.5, 0.6) is 0 Å². The van der Waals surface area contributed by atoms with Crippen molar-refractivity contribution in [1.29, 1.82) is 0 Å². The van der Waals surface area contributed by atoms with E-state index >= 15 is 0 Å². The lowest BCUT2D eigenvalue weighted by Crippen LogP contribution is -2.15. The van der Waals surface area contributed by atoms with E-state index in [1.165, 1.54) is 5.56 Å². The predicted molar refractivity (Wildman–Crippen MR) is 116 cm³/mol. The maximum atomic E-state index is 12.8. The number of carbonyl (C=O) groups is 2. The van der Waals surface area contributed by atoms with Gasteiger partial charge >= 0.3 is 0 Å². The molecule has 2 N–H and O–H groups in total. The van der Waals surface area contributed by atoms with Crippen LogP contribution in [-0.4, -0.2) is 21.7 Å². The minimum atomic E-state index is 0.0395. The van der Waals surface area contributed by atoms with Gasteiger partial charge in [0.2, 0.25) is 5.91 Å². The third-order valence-electron chi connectivity index (χ3n) is 6.26. The number of Topliss-reactive ketones (excluding diaryl/α,β-unsaturated/α-hetero) is 1. The Morgan fingerprint density at radius 1 is 1.20 bits per heavy atom. The van der Waals surface area contributed by atoms with Crippen molar-refractivity contribution in [1.82, 2.24) is 9.97 Å². The Kier molecular flexibility index (Phi) is 4.74. The van der Waals surface area contributed by atoms with Crippen molar-refractivity contribution in [3.63, 3.8) is 0 Å². The van der Waals surface area contributed by atoms with Crippen molar-refractivity contribution in [3.8, 4) is 11.3 Å². The number of amides is 1. The Morgan fingerprint density at radius 3 is 2.77 bits per heavy atom. The molecule has 2 aliphatic rings. The maximum Gasteiger partial charge on any atom is 0.228 e. The fraction of sp³-hybridized carbons (Fsp3) is 0.320. The summed E-state index contributed by atoms with van der Waals surface area (Å²) in [5.74, 6) is 1.36. The summed E-state index contributed by atoms with van der Waals surface area (Å²) in [6.07, 6.45) is 5.72. The summed E-state index contributed by atoms with van der Waals surface area (Å²) >= 11 is 0. The lowest BCUT2D eigenvalue weighted by Gasteiger charge is -2.12. The molecule has 5 rings (SSSR count). The SMILES string of the molecule is CC1CC1C(=O)Nc1cc(-c2[nH]c3c(c2Cc2ccccc2)C(=O)CCC3)ccn1. The van der Waals surface area contributed by atoms with Gasteiger partial charge in [-0.3, -0.25) is 9.59 Å². The van der Waals surface area contributed by atoms with Crippen LogP contribution in [0.2, 0.25) is 0 Å². The van der Waals surface area contributed by atoms with E-state index in [2.05, 4.69) is 34.3 Å². The quantitative estimate of drug-likeness (QED) is 0.648. The fourth-order valence-corrected chi connectivity index (χ4v) is 4.45. The molecular weight excluding hydrogens is 374 g/mol. The zero-order valence-electron chi connectivity index (χ0n) is 17.1. The zero-order chi connectivity index (χ0) is 20.7. The number of hydrogen-bond donors (Lipinski definition) is 2. The Morgan fingerprint density at radius 2 is 2.00 bits per heavy atom. The summed E-state index contributed by atoms with van der Waals surface area (Å²) in [5.41, 5.74) is 5.99.